The molecule has 0 unspecified atom stereocenters. The van der Waals surface area contributed by atoms with Crippen LogP contribution in [-0.2, 0) is 11.3 Å². The fraction of sp³-hybridized carbons (Fsp3) is 0.300. The minimum atomic E-state index is -0.282. The maximum atomic E-state index is 12.4. The number of ether oxygens (including phenoxy) is 2. The van der Waals surface area contributed by atoms with Crippen molar-refractivity contribution in [3.63, 3.8) is 0 Å². The topological polar surface area (TPSA) is 108 Å². The lowest BCUT2D eigenvalue weighted by molar-refractivity contribution is 0.0950. The molecule has 0 saturated carbocycles. The minimum absolute atomic E-state index is 0.0415. The van der Waals surface area contributed by atoms with Crippen molar-refractivity contribution in [1.82, 2.24) is 20.1 Å². The average Bonchev–Trinajstić information content (AvgIpc) is 3.44. The van der Waals surface area contributed by atoms with Crippen LogP contribution in [0.3, 0.4) is 0 Å². The number of hydrogen-bond acceptors (Lipinski definition) is 7. The molecular weight excluding hydrogens is 376 g/mol. The van der Waals surface area contributed by atoms with Gasteiger partial charge in [-0.25, -0.2) is 9.67 Å². The first-order chi connectivity index (χ1) is 14.2. The van der Waals surface area contributed by atoms with Crippen molar-refractivity contribution in [2.75, 3.05) is 19.8 Å². The molecule has 1 saturated heterocycles. The van der Waals surface area contributed by atoms with Crippen molar-refractivity contribution in [2.45, 2.75) is 19.1 Å². The van der Waals surface area contributed by atoms with Gasteiger partial charge in [0.25, 0.3) is 11.5 Å². The summed E-state index contributed by atoms with van der Waals surface area (Å²) in [6.45, 7) is 1.66. The van der Waals surface area contributed by atoms with E-state index in [9.17, 15) is 9.59 Å². The summed E-state index contributed by atoms with van der Waals surface area (Å²) in [5.41, 5.74) is 0.722. The number of furan rings is 1. The highest BCUT2D eigenvalue weighted by Crippen LogP contribution is 2.16. The van der Waals surface area contributed by atoms with Gasteiger partial charge in [0.05, 0.1) is 26.0 Å². The lowest BCUT2D eigenvalue weighted by Gasteiger charge is -2.12. The van der Waals surface area contributed by atoms with Gasteiger partial charge >= 0.3 is 0 Å². The molecule has 0 radical (unpaired) electrons. The number of pyridine rings is 1. The number of hydrogen-bond donors (Lipinski definition) is 1. The zero-order valence-corrected chi connectivity index (χ0v) is 15.6. The van der Waals surface area contributed by atoms with Gasteiger partial charge in [0.1, 0.15) is 11.8 Å². The summed E-state index contributed by atoms with van der Waals surface area (Å²) in [5, 5.41) is 7.05. The van der Waals surface area contributed by atoms with Crippen LogP contribution in [0.25, 0.3) is 11.5 Å². The van der Waals surface area contributed by atoms with E-state index in [0.717, 1.165) is 6.42 Å². The molecule has 1 fully saturated rings. The second-order valence-corrected chi connectivity index (χ2v) is 6.50. The quantitative estimate of drug-likeness (QED) is 0.645. The number of amides is 1. The number of nitrogens with zero attached hydrogens (tertiary/aromatic N) is 3. The van der Waals surface area contributed by atoms with Crippen molar-refractivity contribution in [3.8, 4) is 17.3 Å². The van der Waals surface area contributed by atoms with Crippen molar-refractivity contribution < 1.29 is 18.7 Å². The third kappa shape index (κ3) is 4.69. The van der Waals surface area contributed by atoms with Crippen LogP contribution in [0, 0.1) is 0 Å². The first-order valence-electron chi connectivity index (χ1n) is 9.30. The van der Waals surface area contributed by atoms with Crippen molar-refractivity contribution in [1.29, 1.82) is 0 Å². The average molecular weight is 396 g/mol. The van der Waals surface area contributed by atoms with Crippen LogP contribution < -0.4 is 15.6 Å². The smallest absolute Gasteiger partial charge is 0.266 e. The summed E-state index contributed by atoms with van der Waals surface area (Å²) in [5.74, 6) is 0.673. The highest BCUT2D eigenvalue weighted by Gasteiger charge is 2.18. The Hall–Kier alpha value is -3.46. The molecule has 4 heterocycles. The Kier molecular flexibility index (Phi) is 5.66. The Labute approximate surface area is 166 Å². The van der Waals surface area contributed by atoms with E-state index in [1.807, 2.05) is 0 Å². The second kappa shape index (κ2) is 8.70. The molecule has 29 heavy (non-hydrogen) atoms. The van der Waals surface area contributed by atoms with E-state index < -0.39 is 0 Å². The molecule has 9 heteroatoms. The highest BCUT2D eigenvalue weighted by atomic mass is 16.5. The summed E-state index contributed by atoms with van der Waals surface area (Å²) in [6.07, 6.45) is 3.83. The van der Waals surface area contributed by atoms with Crippen LogP contribution in [0.2, 0.25) is 0 Å². The predicted octanol–water partition coefficient (Wildman–Crippen LogP) is 1.50. The molecular formula is C20H20N4O5. The van der Waals surface area contributed by atoms with Crippen LogP contribution in [-0.4, -0.2) is 46.5 Å². The fourth-order valence-electron chi connectivity index (χ4n) is 2.93. The molecule has 1 aliphatic heterocycles. The normalized spacial score (nSPS) is 15.9. The van der Waals surface area contributed by atoms with Crippen molar-refractivity contribution in [2.24, 2.45) is 0 Å². The summed E-state index contributed by atoms with van der Waals surface area (Å²) >= 11 is 0. The Balaban J connectivity index is 1.35. The fourth-order valence-corrected chi connectivity index (χ4v) is 2.93. The Bertz CT molecular complexity index is 1030. The lowest BCUT2D eigenvalue weighted by Crippen LogP contribution is -2.32. The molecule has 9 nitrogen and oxygen atoms in total. The van der Waals surface area contributed by atoms with Gasteiger partial charge < -0.3 is 19.2 Å². The molecule has 1 aliphatic rings. The van der Waals surface area contributed by atoms with E-state index in [1.54, 1.807) is 36.6 Å². The van der Waals surface area contributed by atoms with Gasteiger partial charge in [-0.3, -0.25) is 9.59 Å². The predicted molar refractivity (Wildman–Crippen MR) is 103 cm³/mol. The van der Waals surface area contributed by atoms with E-state index in [1.165, 1.54) is 16.9 Å². The maximum Gasteiger partial charge on any atom is 0.266 e. The molecule has 0 spiro atoms. The molecule has 150 valence electrons. The standard InChI is InChI=1S/C20H20N4O5/c25-19-4-3-16(17-2-1-10-28-17)23-24(19)9-8-22-20(26)14-5-7-21-18(12-14)29-15-6-11-27-13-15/h1-5,7,10,12,15H,6,8-9,11,13H2,(H,22,26)/t15-/m0/s1. The SMILES string of the molecule is O=C(NCCn1nc(-c2ccco2)ccc1=O)c1ccnc(O[C@H]2CCOC2)c1. The zero-order valence-electron chi connectivity index (χ0n) is 15.6. The van der Waals surface area contributed by atoms with E-state index in [-0.39, 0.29) is 30.7 Å². The second-order valence-electron chi connectivity index (χ2n) is 6.50. The molecule has 1 atom stereocenters. The van der Waals surface area contributed by atoms with Crippen LogP contribution >= 0.6 is 0 Å². The molecule has 4 rings (SSSR count). The molecule has 0 aliphatic carbocycles. The van der Waals surface area contributed by atoms with Gasteiger partial charge in [0.15, 0.2) is 5.76 Å². The third-order valence-corrected chi connectivity index (χ3v) is 4.42. The van der Waals surface area contributed by atoms with Crippen LogP contribution in [0.5, 0.6) is 5.88 Å². The molecule has 1 N–H and O–H groups in total. The van der Waals surface area contributed by atoms with E-state index in [4.69, 9.17) is 13.9 Å². The number of nitrogens with one attached hydrogen (secondary N) is 1. The first kappa shape index (κ1) is 18.9. The van der Waals surface area contributed by atoms with Gasteiger partial charge in [0, 0.05) is 36.9 Å². The number of rotatable bonds is 7. The monoisotopic (exact) mass is 396 g/mol. The Morgan fingerprint density at radius 3 is 3.03 bits per heavy atom. The van der Waals surface area contributed by atoms with Crippen molar-refractivity contribution in [3.05, 3.63) is 64.8 Å². The molecule has 0 bridgehead atoms. The lowest BCUT2D eigenvalue weighted by atomic mass is 10.2. The largest absolute Gasteiger partial charge is 0.472 e. The third-order valence-electron chi connectivity index (χ3n) is 4.42. The zero-order chi connectivity index (χ0) is 20.1. The van der Waals surface area contributed by atoms with Crippen LogP contribution in [0.15, 0.2) is 58.1 Å². The van der Waals surface area contributed by atoms with Gasteiger partial charge in [-0.05, 0) is 24.3 Å². The summed E-state index contributed by atoms with van der Waals surface area (Å²) in [4.78, 5) is 28.6. The molecule has 0 aromatic carbocycles. The summed E-state index contributed by atoms with van der Waals surface area (Å²) < 4.78 is 17.6. The first-order valence-corrected chi connectivity index (χ1v) is 9.30. The van der Waals surface area contributed by atoms with E-state index >= 15 is 0 Å². The van der Waals surface area contributed by atoms with E-state index in [0.29, 0.717) is 36.1 Å². The van der Waals surface area contributed by atoms with Crippen molar-refractivity contribution >= 4 is 5.91 Å². The maximum absolute atomic E-state index is 12.4. The van der Waals surface area contributed by atoms with Crippen LogP contribution in [0.4, 0.5) is 0 Å². The highest BCUT2D eigenvalue weighted by molar-refractivity contribution is 5.94. The van der Waals surface area contributed by atoms with Gasteiger partial charge in [-0.1, -0.05) is 0 Å². The summed E-state index contributed by atoms with van der Waals surface area (Å²) in [6, 6.07) is 9.74. The number of carbonyl (C=O) groups is 1. The van der Waals surface area contributed by atoms with Gasteiger partial charge in [0.2, 0.25) is 5.88 Å². The summed E-state index contributed by atoms with van der Waals surface area (Å²) in [7, 11) is 0. The van der Waals surface area contributed by atoms with E-state index in [2.05, 4.69) is 15.4 Å². The Morgan fingerprint density at radius 1 is 1.31 bits per heavy atom. The number of carbonyl (C=O) groups excluding carboxylic acids is 1. The molecule has 3 aromatic rings. The molecule has 1 amide bonds. The van der Waals surface area contributed by atoms with Crippen LogP contribution in [0.1, 0.15) is 16.8 Å². The van der Waals surface area contributed by atoms with Gasteiger partial charge in [-0.15, -0.1) is 0 Å². The van der Waals surface area contributed by atoms with Gasteiger partial charge in [-0.2, -0.15) is 5.10 Å². The molecule has 3 aromatic heterocycles. The Morgan fingerprint density at radius 2 is 2.24 bits per heavy atom. The minimum Gasteiger partial charge on any atom is -0.472 e. The number of aromatic nitrogens is 3.